The average Bonchev–Trinajstić information content (AvgIpc) is 2.73. The molecule has 4 nitrogen and oxygen atoms in total. The Morgan fingerprint density at radius 3 is 1.84 bits per heavy atom. The van der Waals surface area contributed by atoms with Crippen LogP contribution in [0.4, 0.5) is 0 Å². The predicted octanol–water partition coefficient (Wildman–Crippen LogP) is 7.98. The van der Waals surface area contributed by atoms with Crippen LogP contribution >= 0.6 is 12.4 Å². The van der Waals surface area contributed by atoms with Gasteiger partial charge in [-0.15, -0.1) is 12.4 Å². The first-order valence-corrected chi connectivity index (χ1v) is 12.4. The summed E-state index contributed by atoms with van der Waals surface area (Å²) in [6, 6.07) is 10.6. The number of rotatable bonds is 18. The van der Waals surface area contributed by atoms with E-state index in [4.69, 9.17) is 0 Å². The van der Waals surface area contributed by atoms with Gasteiger partial charge in [0.1, 0.15) is 6.04 Å². The summed E-state index contributed by atoms with van der Waals surface area (Å²) >= 11 is 0. The van der Waals surface area contributed by atoms with E-state index in [1.54, 1.807) is 0 Å². The van der Waals surface area contributed by atoms with Crippen LogP contribution in [-0.4, -0.2) is 36.1 Å². The first-order valence-electron chi connectivity index (χ1n) is 12.4. The zero-order chi connectivity index (χ0) is 22.2. The van der Waals surface area contributed by atoms with E-state index in [-0.39, 0.29) is 23.4 Å². The fraction of sp³-hybridized carbons (Fsp3) is 0.769. The van der Waals surface area contributed by atoms with E-state index in [9.17, 15) is 10.1 Å². The first-order chi connectivity index (χ1) is 14.4. The molecule has 2 atom stereocenters. The largest absolute Gasteiger partial charge is 0.323 e. The molecule has 31 heavy (non-hydrogen) atoms. The van der Waals surface area contributed by atoms with Gasteiger partial charge in [-0.3, -0.25) is 10.1 Å². The molecule has 0 heterocycles. The van der Waals surface area contributed by atoms with E-state index >= 15 is 0 Å². The van der Waals surface area contributed by atoms with Crippen LogP contribution < -0.4 is 0 Å². The van der Waals surface area contributed by atoms with Gasteiger partial charge < -0.3 is 4.48 Å². The van der Waals surface area contributed by atoms with Gasteiger partial charge in [0.05, 0.1) is 20.6 Å². The smallest absolute Gasteiger partial charge is 0.213 e. The van der Waals surface area contributed by atoms with Crippen LogP contribution in [0.3, 0.4) is 0 Å². The predicted molar refractivity (Wildman–Crippen MR) is 136 cm³/mol. The summed E-state index contributed by atoms with van der Waals surface area (Å²) < 4.78 is 0.868. The number of nitro groups is 1. The van der Waals surface area contributed by atoms with Crippen LogP contribution in [0.25, 0.3) is 0 Å². The summed E-state index contributed by atoms with van der Waals surface area (Å²) in [5.41, 5.74) is 1.33. The summed E-state index contributed by atoms with van der Waals surface area (Å²) in [6.45, 7) is 5.48. The van der Waals surface area contributed by atoms with Crippen molar-refractivity contribution in [3.8, 4) is 0 Å². The molecule has 1 unspecified atom stereocenters. The summed E-state index contributed by atoms with van der Waals surface area (Å²) in [5, 5.41) is 11.5. The maximum absolute atomic E-state index is 11.5. The second-order valence-corrected chi connectivity index (χ2v) is 9.64. The Morgan fingerprint density at radius 1 is 0.839 bits per heavy atom. The summed E-state index contributed by atoms with van der Waals surface area (Å²) in [4.78, 5) is 11.5. The number of halogens is 1. The molecule has 0 aliphatic carbocycles. The van der Waals surface area contributed by atoms with Crippen LogP contribution in [0.2, 0.25) is 0 Å². The number of quaternary nitrogens is 1. The zero-order valence-electron chi connectivity index (χ0n) is 20.6. The zero-order valence-corrected chi connectivity index (χ0v) is 21.4. The lowest BCUT2D eigenvalue weighted by atomic mass is 10.0. The van der Waals surface area contributed by atoms with Crippen molar-refractivity contribution in [2.75, 3.05) is 20.6 Å². The van der Waals surface area contributed by atoms with Gasteiger partial charge in [-0.1, -0.05) is 95.0 Å². The molecule has 0 aliphatic heterocycles. The minimum absolute atomic E-state index is 0. The number of benzene rings is 1. The fourth-order valence-electron chi connectivity index (χ4n) is 4.29. The molecule has 0 aromatic heterocycles. The normalized spacial score (nSPS) is 13.4. The molecule has 0 amide bonds. The van der Waals surface area contributed by atoms with Crippen LogP contribution in [0, 0.1) is 10.1 Å². The molecular formula is C26H48ClN2O2+. The molecule has 0 spiro atoms. The highest BCUT2D eigenvalue weighted by Crippen LogP contribution is 2.25. The number of nitrogens with zero attached hydrogens (tertiary/aromatic N) is 2. The van der Waals surface area contributed by atoms with E-state index in [1.165, 1.54) is 56.9 Å². The molecule has 1 rings (SSSR count). The molecule has 0 N–H and O–H groups in total. The molecule has 1 aromatic rings. The van der Waals surface area contributed by atoms with E-state index < -0.39 is 0 Å². The van der Waals surface area contributed by atoms with E-state index in [0.29, 0.717) is 12.5 Å². The summed E-state index contributed by atoms with van der Waals surface area (Å²) in [5.74, 6) is 0. The number of unbranched alkanes of at least 4 members (excludes halogenated alkanes) is 9. The Kier molecular flexibility index (Phi) is 16.8. The van der Waals surface area contributed by atoms with Gasteiger partial charge in [-0.05, 0) is 13.3 Å². The van der Waals surface area contributed by atoms with Crippen molar-refractivity contribution in [1.29, 1.82) is 0 Å². The molecule has 180 valence electrons. The van der Waals surface area contributed by atoms with Gasteiger partial charge >= 0.3 is 0 Å². The van der Waals surface area contributed by atoms with Crippen LogP contribution in [0.15, 0.2) is 30.3 Å². The molecule has 0 radical (unpaired) electrons. The average molecular weight is 456 g/mol. The van der Waals surface area contributed by atoms with Crippen LogP contribution in [0.1, 0.15) is 109 Å². The van der Waals surface area contributed by atoms with Gasteiger partial charge in [0, 0.05) is 29.7 Å². The topological polar surface area (TPSA) is 43.1 Å². The molecule has 0 fully saturated rings. The van der Waals surface area contributed by atoms with Crippen molar-refractivity contribution in [2.24, 2.45) is 0 Å². The molecule has 0 saturated carbocycles. The van der Waals surface area contributed by atoms with Crippen molar-refractivity contribution in [3.05, 3.63) is 46.0 Å². The summed E-state index contributed by atoms with van der Waals surface area (Å²) in [7, 11) is 4.47. The molecule has 5 heteroatoms. The monoisotopic (exact) mass is 455 g/mol. The van der Waals surface area contributed by atoms with Crippen LogP contribution in [-0.2, 0) is 0 Å². The maximum Gasteiger partial charge on any atom is 0.213 e. The van der Waals surface area contributed by atoms with Gasteiger partial charge in [0.2, 0.25) is 6.04 Å². The summed E-state index contributed by atoms with van der Waals surface area (Å²) in [6.07, 6.45) is 15.1. The second-order valence-electron chi connectivity index (χ2n) is 9.64. The third kappa shape index (κ3) is 13.1. The lowest BCUT2D eigenvalue weighted by molar-refractivity contribution is -0.919. The third-order valence-electron chi connectivity index (χ3n) is 6.79. The molecule has 1 aromatic carbocycles. The van der Waals surface area contributed by atoms with Gasteiger partial charge in [0.15, 0.2) is 0 Å². The highest BCUT2D eigenvalue weighted by Gasteiger charge is 2.27. The highest BCUT2D eigenvalue weighted by atomic mass is 35.5. The second kappa shape index (κ2) is 17.4. The first kappa shape index (κ1) is 29.9. The van der Waals surface area contributed by atoms with Gasteiger partial charge in [-0.2, -0.15) is 0 Å². The highest BCUT2D eigenvalue weighted by molar-refractivity contribution is 5.85. The SMILES string of the molecule is CCCCCCCCCCCCC(CCC[N+](C)(C)[C@H](C)c1ccccc1)[N+](=O)[O-].Cl. The Morgan fingerprint density at radius 2 is 1.32 bits per heavy atom. The van der Waals surface area contributed by atoms with E-state index in [1.807, 2.05) is 6.07 Å². The third-order valence-corrected chi connectivity index (χ3v) is 6.79. The Balaban J connectivity index is 0.00000900. The molecule has 0 bridgehead atoms. The maximum atomic E-state index is 11.5. The molecule has 0 saturated heterocycles. The van der Waals surface area contributed by atoms with E-state index in [2.05, 4.69) is 52.2 Å². The molecular weight excluding hydrogens is 408 g/mol. The lowest BCUT2D eigenvalue weighted by Gasteiger charge is -2.36. The minimum atomic E-state index is -0.369. The molecule has 0 aliphatic rings. The van der Waals surface area contributed by atoms with Gasteiger partial charge in [0.25, 0.3) is 0 Å². The lowest BCUT2D eigenvalue weighted by Crippen LogP contribution is -2.43. The Bertz CT molecular complexity index is 566. The number of hydrogen-bond donors (Lipinski definition) is 0. The van der Waals surface area contributed by atoms with Gasteiger partial charge in [-0.25, -0.2) is 0 Å². The van der Waals surface area contributed by atoms with Crippen molar-refractivity contribution in [3.63, 3.8) is 0 Å². The number of hydrogen-bond acceptors (Lipinski definition) is 2. The van der Waals surface area contributed by atoms with Crippen molar-refractivity contribution in [1.82, 2.24) is 0 Å². The van der Waals surface area contributed by atoms with Crippen molar-refractivity contribution in [2.45, 2.75) is 109 Å². The standard InChI is InChI=1S/C26H47N2O2.ClH/c1-5-6-7-8-9-10-11-12-13-17-21-26(27(29)30)22-18-23-28(3,4)24(2)25-19-15-14-16-20-25;/h14-16,19-20,24,26H,5-13,17-18,21-23H2,1-4H3;1H/q+1;/t24-,26?;/m1./s1. The Hall–Kier alpha value is -1.13. The minimum Gasteiger partial charge on any atom is -0.323 e. The van der Waals surface area contributed by atoms with E-state index in [0.717, 1.165) is 36.7 Å². The Labute approximate surface area is 198 Å². The van der Waals surface area contributed by atoms with Crippen molar-refractivity contribution < 1.29 is 9.41 Å². The van der Waals surface area contributed by atoms with Crippen molar-refractivity contribution >= 4 is 12.4 Å². The fourth-order valence-corrected chi connectivity index (χ4v) is 4.29. The van der Waals surface area contributed by atoms with Crippen LogP contribution in [0.5, 0.6) is 0 Å². The quantitative estimate of drug-likeness (QED) is 0.0973.